The lowest BCUT2D eigenvalue weighted by molar-refractivity contribution is 0.174. The largest absolute Gasteiger partial charge is 0.493 e. The molecule has 0 saturated carbocycles. The average Bonchev–Trinajstić information content (AvgIpc) is 3.42. The fraction of sp³-hybridized carbons (Fsp3) is 0.400. The van der Waals surface area contributed by atoms with E-state index in [4.69, 9.17) is 23.9 Å². The molecule has 0 N–H and O–H groups in total. The molecule has 166 valence electrons. The molecular formula is C25H27N3O4. The fourth-order valence-corrected chi connectivity index (χ4v) is 5.25. The Labute approximate surface area is 187 Å². The van der Waals surface area contributed by atoms with Crippen molar-refractivity contribution in [3.8, 4) is 34.3 Å². The van der Waals surface area contributed by atoms with Gasteiger partial charge in [-0.1, -0.05) is 0 Å². The van der Waals surface area contributed by atoms with Gasteiger partial charge in [0, 0.05) is 49.2 Å². The number of pyridine rings is 1. The number of likely N-dealkylation sites (N-methyl/N-ethyl adjacent to an activating group) is 1. The number of rotatable bonds is 3. The summed E-state index contributed by atoms with van der Waals surface area (Å²) >= 11 is 0. The lowest BCUT2D eigenvalue weighted by atomic mass is 10.0. The molecule has 1 aliphatic carbocycles. The third kappa shape index (κ3) is 2.73. The smallest absolute Gasteiger partial charge is 0.231 e. The van der Waals surface area contributed by atoms with E-state index >= 15 is 0 Å². The summed E-state index contributed by atoms with van der Waals surface area (Å²) in [4.78, 5) is 9.88. The van der Waals surface area contributed by atoms with Crippen molar-refractivity contribution < 1.29 is 18.9 Å². The SMILES string of the molecule is COc1cc2c(C)nc3c(c2cc1OC)Cc1c-3cc2c(c1N1CCN(C)CC1)OCO2. The maximum atomic E-state index is 5.98. The first-order valence-corrected chi connectivity index (χ1v) is 11.0. The Balaban J connectivity index is 1.57. The maximum Gasteiger partial charge on any atom is 0.231 e. The summed E-state index contributed by atoms with van der Waals surface area (Å²) in [6.07, 6.45) is 0.808. The van der Waals surface area contributed by atoms with Crippen molar-refractivity contribution in [2.45, 2.75) is 13.3 Å². The molecule has 0 spiro atoms. The van der Waals surface area contributed by atoms with Crippen molar-refractivity contribution in [1.82, 2.24) is 9.88 Å². The highest BCUT2D eigenvalue weighted by atomic mass is 16.7. The molecule has 3 heterocycles. The first-order valence-electron chi connectivity index (χ1n) is 11.0. The van der Waals surface area contributed by atoms with E-state index in [1.165, 1.54) is 16.8 Å². The van der Waals surface area contributed by atoms with Crippen LogP contribution in [0.15, 0.2) is 18.2 Å². The minimum Gasteiger partial charge on any atom is -0.493 e. The molecule has 1 fully saturated rings. The van der Waals surface area contributed by atoms with Crippen LogP contribution in [0.5, 0.6) is 23.0 Å². The van der Waals surface area contributed by atoms with Crippen LogP contribution >= 0.6 is 0 Å². The Kier molecular flexibility index (Phi) is 4.37. The first-order chi connectivity index (χ1) is 15.6. The Morgan fingerprint density at radius 2 is 1.62 bits per heavy atom. The van der Waals surface area contributed by atoms with Gasteiger partial charge < -0.3 is 28.7 Å². The summed E-state index contributed by atoms with van der Waals surface area (Å²) in [6.45, 7) is 6.33. The van der Waals surface area contributed by atoms with Crippen LogP contribution in [0.4, 0.5) is 5.69 Å². The van der Waals surface area contributed by atoms with Crippen LogP contribution in [0.25, 0.3) is 22.0 Å². The number of aryl methyl sites for hydroxylation is 1. The van der Waals surface area contributed by atoms with Crippen LogP contribution < -0.4 is 23.8 Å². The number of hydrogen-bond donors (Lipinski definition) is 0. The van der Waals surface area contributed by atoms with Crippen molar-refractivity contribution in [2.24, 2.45) is 0 Å². The van der Waals surface area contributed by atoms with Crippen molar-refractivity contribution in [3.05, 3.63) is 35.0 Å². The molecule has 2 aromatic carbocycles. The summed E-state index contributed by atoms with van der Waals surface area (Å²) in [5.74, 6) is 3.15. The highest BCUT2D eigenvalue weighted by molar-refractivity contribution is 5.99. The second-order valence-electron chi connectivity index (χ2n) is 8.73. The van der Waals surface area contributed by atoms with Crippen molar-refractivity contribution in [2.75, 3.05) is 59.1 Å². The first kappa shape index (κ1) is 19.5. The van der Waals surface area contributed by atoms with Crippen molar-refractivity contribution in [3.63, 3.8) is 0 Å². The number of hydrogen-bond acceptors (Lipinski definition) is 7. The number of piperazine rings is 1. The van der Waals surface area contributed by atoms with Crippen LogP contribution in [0.2, 0.25) is 0 Å². The van der Waals surface area contributed by atoms with E-state index < -0.39 is 0 Å². The molecule has 3 aromatic rings. The Morgan fingerprint density at radius 1 is 0.906 bits per heavy atom. The second kappa shape index (κ2) is 7.17. The maximum absolute atomic E-state index is 5.98. The number of nitrogens with zero attached hydrogens (tertiary/aromatic N) is 3. The number of methoxy groups -OCH3 is 2. The van der Waals surface area contributed by atoms with Gasteiger partial charge in [-0.3, -0.25) is 4.98 Å². The van der Waals surface area contributed by atoms with Gasteiger partial charge in [-0.05, 0) is 48.7 Å². The molecule has 7 nitrogen and oxygen atoms in total. The van der Waals surface area contributed by atoms with Crippen LogP contribution in [-0.4, -0.2) is 64.1 Å². The van der Waals surface area contributed by atoms with Gasteiger partial charge in [-0.15, -0.1) is 0 Å². The predicted molar refractivity (Wildman–Crippen MR) is 124 cm³/mol. The van der Waals surface area contributed by atoms with Gasteiger partial charge in [0.2, 0.25) is 6.79 Å². The summed E-state index contributed by atoms with van der Waals surface area (Å²) < 4.78 is 23.0. The van der Waals surface area contributed by atoms with Crippen LogP contribution in [-0.2, 0) is 6.42 Å². The Bertz CT molecular complexity index is 1250. The Morgan fingerprint density at radius 3 is 2.34 bits per heavy atom. The highest BCUT2D eigenvalue weighted by Crippen LogP contribution is 2.53. The molecule has 3 aliphatic rings. The number of fused-ring (bicyclic) bond motifs is 6. The number of anilines is 1. The minimum absolute atomic E-state index is 0.271. The second-order valence-corrected chi connectivity index (χ2v) is 8.73. The van der Waals surface area contributed by atoms with Crippen molar-refractivity contribution in [1.29, 1.82) is 0 Å². The third-order valence-corrected chi connectivity index (χ3v) is 6.98. The van der Waals surface area contributed by atoms with Gasteiger partial charge in [0.15, 0.2) is 23.0 Å². The van der Waals surface area contributed by atoms with E-state index in [1.807, 2.05) is 6.07 Å². The number of aromatic nitrogens is 1. The Hall–Kier alpha value is -3.19. The van der Waals surface area contributed by atoms with Gasteiger partial charge in [0.25, 0.3) is 0 Å². The normalized spacial score (nSPS) is 16.9. The molecular weight excluding hydrogens is 406 g/mol. The zero-order chi connectivity index (χ0) is 22.0. The van der Waals surface area contributed by atoms with Gasteiger partial charge in [-0.25, -0.2) is 0 Å². The van der Waals surface area contributed by atoms with Gasteiger partial charge in [-0.2, -0.15) is 0 Å². The molecule has 1 aromatic heterocycles. The van der Waals surface area contributed by atoms with Crippen LogP contribution in [0.3, 0.4) is 0 Å². The zero-order valence-corrected chi connectivity index (χ0v) is 18.9. The van der Waals surface area contributed by atoms with Gasteiger partial charge in [0.1, 0.15) is 0 Å². The summed E-state index contributed by atoms with van der Waals surface area (Å²) in [6, 6.07) is 6.24. The zero-order valence-electron chi connectivity index (χ0n) is 18.9. The topological polar surface area (TPSA) is 56.3 Å². The molecule has 2 aliphatic heterocycles. The van der Waals surface area contributed by atoms with E-state index in [2.05, 4.69) is 35.9 Å². The number of ether oxygens (including phenoxy) is 4. The minimum atomic E-state index is 0.271. The van der Waals surface area contributed by atoms with Crippen LogP contribution in [0, 0.1) is 6.92 Å². The van der Waals surface area contributed by atoms with E-state index in [0.717, 1.165) is 83.3 Å². The monoisotopic (exact) mass is 433 g/mol. The lowest BCUT2D eigenvalue weighted by Crippen LogP contribution is -2.44. The molecule has 6 rings (SSSR count). The molecule has 0 unspecified atom stereocenters. The quantitative estimate of drug-likeness (QED) is 0.489. The average molecular weight is 434 g/mol. The molecule has 0 bridgehead atoms. The van der Waals surface area contributed by atoms with E-state index in [1.54, 1.807) is 14.2 Å². The van der Waals surface area contributed by atoms with E-state index in [-0.39, 0.29) is 6.79 Å². The third-order valence-electron chi connectivity index (χ3n) is 6.98. The summed E-state index contributed by atoms with van der Waals surface area (Å²) in [5, 5.41) is 2.25. The van der Waals surface area contributed by atoms with E-state index in [0.29, 0.717) is 0 Å². The van der Waals surface area contributed by atoms with Crippen molar-refractivity contribution >= 4 is 16.5 Å². The summed E-state index contributed by atoms with van der Waals surface area (Å²) in [5.41, 5.74) is 6.84. The fourth-order valence-electron chi connectivity index (χ4n) is 5.25. The molecule has 1 saturated heterocycles. The number of benzene rings is 2. The van der Waals surface area contributed by atoms with Gasteiger partial charge >= 0.3 is 0 Å². The summed E-state index contributed by atoms with van der Waals surface area (Å²) in [7, 11) is 5.52. The standard InChI is InChI=1S/C25H27N3O4/c1-14-15-10-20(29-3)21(30-4)11-16(15)17-9-19-18(23(17)26-14)12-22-25(32-13-31-22)24(19)28-7-5-27(2)6-8-28/h10-12H,5-9,13H2,1-4H3. The van der Waals surface area contributed by atoms with Gasteiger partial charge in [0.05, 0.1) is 25.6 Å². The van der Waals surface area contributed by atoms with Crippen LogP contribution in [0.1, 0.15) is 16.8 Å². The molecule has 32 heavy (non-hydrogen) atoms. The molecule has 0 amide bonds. The molecule has 7 heteroatoms. The molecule has 0 radical (unpaired) electrons. The molecule has 0 atom stereocenters. The predicted octanol–water partition coefficient (Wildman–Crippen LogP) is 3.61. The van der Waals surface area contributed by atoms with E-state index in [9.17, 15) is 0 Å². The lowest BCUT2D eigenvalue weighted by Gasteiger charge is -2.35. The highest BCUT2D eigenvalue weighted by Gasteiger charge is 2.35.